The first-order valence-corrected chi connectivity index (χ1v) is 9.02. The molecule has 1 fully saturated rings. The van der Waals surface area contributed by atoms with E-state index in [-0.39, 0.29) is 23.4 Å². The van der Waals surface area contributed by atoms with Gasteiger partial charge < -0.3 is 14.7 Å². The fraction of sp³-hybridized carbons (Fsp3) is 0.467. The fourth-order valence-corrected chi connectivity index (χ4v) is 3.76. The lowest BCUT2D eigenvalue weighted by atomic mass is 10.1. The molecule has 1 saturated heterocycles. The van der Waals surface area contributed by atoms with Crippen molar-refractivity contribution in [2.24, 2.45) is 0 Å². The van der Waals surface area contributed by atoms with Crippen LogP contribution in [0.4, 0.5) is 0 Å². The zero-order valence-corrected chi connectivity index (χ0v) is 14.8. The van der Waals surface area contributed by atoms with Crippen LogP contribution < -0.4 is 4.74 Å². The van der Waals surface area contributed by atoms with Crippen LogP contribution in [0.2, 0.25) is 10.0 Å². The van der Waals surface area contributed by atoms with Gasteiger partial charge >= 0.3 is 5.97 Å². The third-order valence-corrected chi connectivity index (χ3v) is 5.38. The van der Waals surface area contributed by atoms with Gasteiger partial charge in [-0.3, -0.25) is 9.59 Å². The molecule has 1 aromatic rings. The number of rotatable bonds is 5. The number of nitrogens with zero attached hydrogens (tertiary/aromatic N) is 1. The molecule has 1 N–H and O–H groups in total. The number of ether oxygens (including phenoxy) is 1. The monoisotopic (exact) mass is 377 g/mol. The maximum atomic E-state index is 12.6. The number of carbonyl (C=O) groups excluding carboxylic acids is 1. The summed E-state index contributed by atoms with van der Waals surface area (Å²) >= 11 is 13.6. The lowest BCUT2D eigenvalue weighted by molar-refractivity contribution is -0.143. The molecule has 1 aliphatic heterocycles. The van der Waals surface area contributed by atoms with Crippen molar-refractivity contribution in [2.45, 2.75) is 25.5 Å². The standard InChI is InChI=1S/C15H17Cl2NO4S/c1-9(22-12-4-2-3-11(16)14(12)17)15(21)18-5-6-23-8-10(18)7-13(19)20/h2-4,9-10H,5-8H2,1H3,(H,19,20). The van der Waals surface area contributed by atoms with E-state index < -0.39 is 12.1 Å². The molecule has 2 rings (SSSR count). The van der Waals surface area contributed by atoms with Crippen LogP contribution in [-0.2, 0) is 9.59 Å². The highest BCUT2D eigenvalue weighted by atomic mass is 35.5. The summed E-state index contributed by atoms with van der Waals surface area (Å²) in [6.45, 7) is 2.14. The van der Waals surface area contributed by atoms with Crippen LogP contribution >= 0.6 is 35.0 Å². The van der Waals surface area contributed by atoms with Gasteiger partial charge in [0.25, 0.3) is 5.91 Å². The van der Waals surface area contributed by atoms with E-state index in [1.54, 1.807) is 41.8 Å². The molecular formula is C15H17Cl2NO4S. The lowest BCUT2D eigenvalue weighted by Crippen LogP contribution is -2.51. The predicted octanol–water partition coefficient (Wildman–Crippen LogP) is 3.18. The third-order valence-electron chi connectivity index (χ3n) is 3.49. The summed E-state index contributed by atoms with van der Waals surface area (Å²) in [6, 6.07) is 4.64. The first-order chi connectivity index (χ1) is 10.9. The topological polar surface area (TPSA) is 66.8 Å². The maximum absolute atomic E-state index is 12.6. The minimum Gasteiger partial charge on any atom is -0.481 e. The van der Waals surface area contributed by atoms with E-state index in [1.807, 2.05) is 0 Å². The van der Waals surface area contributed by atoms with Gasteiger partial charge in [-0.15, -0.1) is 0 Å². The van der Waals surface area contributed by atoms with Crippen molar-refractivity contribution in [3.05, 3.63) is 28.2 Å². The summed E-state index contributed by atoms with van der Waals surface area (Å²) in [7, 11) is 0. The molecule has 23 heavy (non-hydrogen) atoms. The van der Waals surface area contributed by atoms with E-state index in [4.69, 9.17) is 33.0 Å². The normalized spacial score (nSPS) is 19.3. The molecule has 1 heterocycles. The Bertz CT molecular complexity index is 599. The van der Waals surface area contributed by atoms with Crippen LogP contribution in [-0.4, -0.2) is 52.1 Å². The number of carboxylic acids is 1. The number of carbonyl (C=O) groups is 2. The second-order valence-electron chi connectivity index (χ2n) is 5.17. The van der Waals surface area contributed by atoms with Gasteiger partial charge in [0.2, 0.25) is 0 Å². The van der Waals surface area contributed by atoms with Crippen molar-refractivity contribution in [2.75, 3.05) is 18.1 Å². The van der Waals surface area contributed by atoms with Crippen molar-refractivity contribution >= 4 is 46.8 Å². The maximum Gasteiger partial charge on any atom is 0.305 e. The molecule has 0 bridgehead atoms. The summed E-state index contributed by atoms with van der Waals surface area (Å²) in [4.78, 5) is 25.2. The van der Waals surface area contributed by atoms with E-state index in [0.717, 1.165) is 5.75 Å². The average Bonchev–Trinajstić information content (AvgIpc) is 2.51. The lowest BCUT2D eigenvalue weighted by Gasteiger charge is -2.36. The molecule has 1 aromatic carbocycles. The fourth-order valence-electron chi connectivity index (χ4n) is 2.37. The first kappa shape index (κ1) is 18.2. The first-order valence-electron chi connectivity index (χ1n) is 7.11. The zero-order valence-electron chi connectivity index (χ0n) is 12.5. The number of halogens is 2. The smallest absolute Gasteiger partial charge is 0.305 e. The Balaban J connectivity index is 2.08. The summed E-state index contributed by atoms with van der Waals surface area (Å²) in [5.41, 5.74) is 0. The van der Waals surface area contributed by atoms with Crippen LogP contribution in [0, 0.1) is 0 Å². The minimum atomic E-state index is -0.915. The Morgan fingerprint density at radius 2 is 2.22 bits per heavy atom. The Hall–Kier alpha value is -1.11. The molecule has 1 aliphatic rings. The van der Waals surface area contributed by atoms with Crippen LogP contribution in [0.5, 0.6) is 5.75 Å². The molecule has 2 unspecified atom stereocenters. The highest BCUT2D eigenvalue weighted by molar-refractivity contribution is 7.99. The van der Waals surface area contributed by atoms with E-state index in [0.29, 0.717) is 23.1 Å². The van der Waals surface area contributed by atoms with E-state index in [1.165, 1.54) is 0 Å². The van der Waals surface area contributed by atoms with Gasteiger partial charge in [0.1, 0.15) is 10.8 Å². The van der Waals surface area contributed by atoms with E-state index >= 15 is 0 Å². The largest absolute Gasteiger partial charge is 0.481 e. The number of hydrogen-bond donors (Lipinski definition) is 1. The van der Waals surface area contributed by atoms with Crippen molar-refractivity contribution < 1.29 is 19.4 Å². The molecule has 2 atom stereocenters. The molecule has 5 nitrogen and oxygen atoms in total. The molecule has 126 valence electrons. The van der Waals surface area contributed by atoms with Gasteiger partial charge in [-0.2, -0.15) is 11.8 Å². The van der Waals surface area contributed by atoms with E-state index in [2.05, 4.69) is 0 Å². The molecule has 1 amide bonds. The summed E-state index contributed by atoms with van der Waals surface area (Å²) in [6.07, 6.45) is -0.839. The van der Waals surface area contributed by atoms with Crippen molar-refractivity contribution in [3.63, 3.8) is 0 Å². The number of carboxylic acid groups (broad SMARTS) is 1. The number of amides is 1. The number of hydrogen-bond acceptors (Lipinski definition) is 4. The molecule has 0 saturated carbocycles. The summed E-state index contributed by atoms with van der Waals surface area (Å²) in [5, 5.41) is 9.60. The molecule has 0 aromatic heterocycles. The Morgan fingerprint density at radius 3 is 2.91 bits per heavy atom. The number of benzene rings is 1. The highest BCUT2D eigenvalue weighted by Gasteiger charge is 2.32. The van der Waals surface area contributed by atoms with Gasteiger partial charge in [0.05, 0.1) is 17.5 Å². The Morgan fingerprint density at radius 1 is 1.48 bits per heavy atom. The van der Waals surface area contributed by atoms with Crippen molar-refractivity contribution in [1.82, 2.24) is 4.90 Å². The highest BCUT2D eigenvalue weighted by Crippen LogP contribution is 2.32. The second-order valence-corrected chi connectivity index (χ2v) is 7.11. The van der Waals surface area contributed by atoms with Crippen LogP contribution in [0.25, 0.3) is 0 Å². The van der Waals surface area contributed by atoms with Gasteiger partial charge in [0, 0.05) is 18.1 Å². The van der Waals surface area contributed by atoms with Crippen molar-refractivity contribution in [1.29, 1.82) is 0 Å². The third kappa shape index (κ3) is 4.68. The second kappa shape index (κ2) is 8.13. The summed E-state index contributed by atoms with van der Waals surface area (Å²) in [5.74, 6) is 0.574. The van der Waals surface area contributed by atoms with Crippen LogP contribution in [0.3, 0.4) is 0 Å². The van der Waals surface area contributed by atoms with Crippen molar-refractivity contribution in [3.8, 4) is 5.75 Å². The van der Waals surface area contributed by atoms with Gasteiger partial charge in [0.15, 0.2) is 6.10 Å². The predicted molar refractivity (Wildman–Crippen MR) is 91.6 cm³/mol. The van der Waals surface area contributed by atoms with Gasteiger partial charge in [-0.05, 0) is 19.1 Å². The zero-order chi connectivity index (χ0) is 17.0. The molecule has 0 radical (unpaired) electrons. The summed E-state index contributed by atoms with van der Waals surface area (Å²) < 4.78 is 5.63. The Labute approximate surface area is 148 Å². The SMILES string of the molecule is CC(Oc1cccc(Cl)c1Cl)C(=O)N1CCSCC1CC(=O)O. The Kier molecular flexibility index (Phi) is 6.44. The quantitative estimate of drug-likeness (QED) is 0.853. The minimum absolute atomic E-state index is 0.0661. The molecule has 0 spiro atoms. The molecule has 0 aliphatic carbocycles. The number of aliphatic carboxylic acids is 1. The molecular weight excluding hydrogens is 361 g/mol. The van der Waals surface area contributed by atoms with Gasteiger partial charge in [-0.25, -0.2) is 0 Å². The average molecular weight is 378 g/mol. The van der Waals surface area contributed by atoms with E-state index in [9.17, 15) is 9.59 Å². The van der Waals surface area contributed by atoms with Gasteiger partial charge in [-0.1, -0.05) is 29.3 Å². The number of thioether (sulfide) groups is 1. The molecule has 8 heteroatoms. The van der Waals surface area contributed by atoms with Crippen LogP contribution in [0.15, 0.2) is 18.2 Å². The van der Waals surface area contributed by atoms with Crippen LogP contribution in [0.1, 0.15) is 13.3 Å².